The maximum Gasteiger partial charge on any atom is 0.321 e. The number of carbonyl (C=O) groups is 1. The number of hydrogen-bond donors (Lipinski definition) is 2. The Morgan fingerprint density at radius 3 is 2.31 bits per heavy atom. The molecule has 0 aliphatic heterocycles. The van der Waals surface area contributed by atoms with Gasteiger partial charge in [-0.2, -0.15) is 0 Å². The second-order valence-corrected chi connectivity index (χ2v) is 6.38. The monoisotopic (exact) mass is 348 g/mol. The fraction of sp³-hybridized carbons (Fsp3) is 0.150. The van der Waals surface area contributed by atoms with Crippen LogP contribution in [-0.2, 0) is 18.4 Å². The number of anilines is 1. The zero-order valence-corrected chi connectivity index (χ0v) is 13.9. The molecule has 1 aliphatic carbocycles. The van der Waals surface area contributed by atoms with E-state index in [1.807, 2.05) is 12.1 Å². The minimum absolute atomic E-state index is 0.302. The predicted molar refractivity (Wildman–Crippen MR) is 96.1 cm³/mol. The maximum atomic E-state index is 13.4. The number of nitrogens with one attached hydrogen (secondary N) is 2. The van der Waals surface area contributed by atoms with Gasteiger partial charge in [0.2, 0.25) is 0 Å². The molecule has 0 radical (unpaired) electrons. The van der Waals surface area contributed by atoms with Crippen molar-refractivity contribution < 1.29 is 9.18 Å². The predicted octanol–water partition coefficient (Wildman–Crippen LogP) is 3.43. The van der Waals surface area contributed by atoms with Crippen LogP contribution in [0.25, 0.3) is 0 Å². The van der Waals surface area contributed by atoms with E-state index in [0.29, 0.717) is 18.7 Å². The van der Waals surface area contributed by atoms with E-state index in [1.54, 1.807) is 12.1 Å². The molecular formula is C20H17FN4O. The van der Waals surface area contributed by atoms with Gasteiger partial charge in [-0.3, -0.25) is 10.3 Å². The largest absolute Gasteiger partial charge is 0.328 e. The first-order valence-corrected chi connectivity index (χ1v) is 8.33. The quantitative estimate of drug-likeness (QED) is 0.762. The summed E-state index contributed by atoms with van der Waals surface area (Å²) in [7, 11) is 0. The van der Waals surface area contributed by atoms with Gasteiger partial charge in [-0.05, 0) is 28.8 Å². The number of urea groups is 1. The lowest BCUT2D eigenvalue weighted by Gasteiger charge is -2.31. The van der Waals surface area contributed by atoms with Crippen molar-refractivity contribution in [1.82, 2.24) is 15.3 Å². The lowest BCUT2D eigenvalue weighted by molar-refractivity contribution is 0.237. The molecule has 1 aliphatic rings. The molecule has 2 aromatic carbocycles. The van der Waals surface area contributed by atoms with Gasteiger partial charge >= 0.3 is 6.03 Å². The van der Waals surface area contributed by atoms with Crippen LogP contribution >= 0.6 is 0 Å². The Balaban J connectivity index is 1.64. The zero-order chi connectivity index (χ0) is 18.0. The van der Waals surface area contributed by atoms with Crippen LogP contribution in [0.2, 0.25) is 0 Å². The van der Waals surface area contributed by atoms with E-state index in [4.69, 9.17) is 0 Å². The normalized spacial score (nSPS) is 14.5. The molecule has 0 bridgehead atoms. The van der Waals surface area contributed by atoms with Gasteiger partial charge in [-0.15, -0.1) is 0 Å². The number of rotatable bonds is 3. The molecule has 6 heteroatoms. The summed E-state index contributed by atoms with van der Waals surface area (Å²) in [5.74, 6) is 0.0678. The average Bonchev–Trinajstić information content (AvgIpc) is 3.02. The molecule has 1 aromatic heterocycles. The molecule has 1 heterocycles. The van der Waals surface area contributed by atoms with E-state index in [2.05, 4.69) is 32.7 Å². The molecule has 0 saturated carbocycles. The van der Waals surface area contributed by atoms with Crippen LogP contribution < -0.4 is 10.6 Å². The van der Waals surface area contributed by atoms with Crippen molar-refractivity contribution in [3.63, 3.8) is 0 Å². The van der Waals surface area contributed by atoms with Crippen molar-refractivity contribution in [1.29, 1.82) is 0 Å². The molecule has 0 unspecified atom stereocenters. The fourth-order valence-electron chi connectivity index (χ4n) is 3.48. The summed E-state index contributed by atoms with van der Waals surface area (Å²) in [5.41, 5.74) is 2.58. The van der Waals surface area contributed by atoms with E-state index in [9.17, 15) is 9.18 Å². The first kappa shape index (κ1) is 16.2. The lowest BCUT2D eigenvalue weighted by Crippen LogP contribution is -2.48. The fourth-order valence-corrected chi connectivity index (χ4v) is 3.48. The lowest BCUT2D eigenvalue weighted by atomic mass is 9.87. The van der Waals surface area contributed by atoms with Gasteiger partial charge in [0.05, 0.1) is 11.7 Å². The van der Waals surface area contributed by atoms with Crippen molar-refractivity contribution in [2.24, 2.45) is 0 Å². The van der Waals surface area contributed by atoms with E-state index >= 15 is 0 Å². The molecule has 5 nitrogen and oxygen atoms in total. The molecule has 130 valence electrons. The van der Waals surface area contributed by atoms with Gasteiger partial charge in [0.25, 0.3) is 0 Å². The van der Waals surface area contributed by atoms with E-state index in [-0.39, 0.29) is 11.8 Å². The second-order valence-electron chi connectivity index (χ2n) is 6.38. The van der Waals surface area contributed by atoms with E-state index < -0.39 is 5.54 Å². The molecule has 0 saturated heterocycles. The highest BCUT2D eigenvalue weighted by atomic mass is 19.1. The Morgan fingerprint density at radius 2 is 1.69 bits per heavy atom. The van der Waals surface area contributed by atoms with Crippen molar-refractivity contribution in [2.75, 3.05) is 5.32 Å². The number of nitrogens with zero attached hydrogens (tertiary/aromatic N) is 2. The van der Waals surface area contributed by atoms with Crippen LogP contribution in [0, 0.1) is 5.82 Å². The maximum absolute atomic E-state index is 13.4. The molecule has 26 heavy (non-hydrogen) atoms. The van der Waals surface area contributed by atoms with Crippen molar-refractivity contribution in [3.8, 4) is 0 Å². The minimum Gasteiger partial charge on any atom is -0.328 e. The van der Waals surface area contributed by atoms with Gasteiger partial charge in [-0.25, -0.2) is 14.2 Å². The third-order valence-electron chi connectivity index (χ3n) is 4.66. The van der Waals surface area contributed by atoms with Gasteiger partial charge in [0.1, 0.15) is 5.82 Å². The van der Waals surface area contributed by atoms with Crippen LogP contribution in [0.5, 0.6) is 0 Å². The van der Waals surface area contributed by atoms with Crippen LogP contribution in [-0.4, -0.2) is 16.0 Å². The first-order chi connectivity index (χ1) is 12.6. The van der Waals surface area contributed by atoms with Crippen LogP contribution in [0.15, 0.2) is 67.1 Å². The Kier molecular flexibility index (Phi) is 4.08. The number of benzene rings is 2. The topological polar surface area (TPSA) is 66.9 Å². The Labute approximate surface area is 150 Å². The molecule has 2 N–H and O–H groups in total. The highest BCUT2D eigenvalue weighted by Gasteiger charge is 2.40. The smallest absolute Gasteiger partial charge is 0.321 e. The summed E-state index contributed by atoms with van der Waals surface area (Å²) in [5, 5.41) is 5.79. The minimum atomic E-state index is -0.635. The number of amides is 2. The summed E-state index contributed by atoms with van der Waals surface area (Å²) in [6.45, 7) is 0. The van der Waals surface area contributed by atoms with Crippen molar-refractivity contribution >= 4 is 11.8 Å². The number of fused-ring (bicyclic) bond motifs is 1. The highest BCUT2D eigenvalue weighted by Crippen LogP contribution is 2.38. The molecule has 3 aromatic rings. The molecule has 0 spiro atoms. The highest BCUT2D eigenvalue weighted by molar-refractivity contribution is 5.88. The van der Waals surface area contributed by atoms with Gasteiger partial charge < -0.3 is 5.32 Å². The second kappa shape index (κ2) is 6.55. The molecule has 4 rings (SSSR count). The SMILES string of the molecule is O=C(Nc1cnccn1)NC1(c2ccc(F)cc2)Cc2ccccc2C1. The third-order valence-corrected chi connectivity index (χ3v) is 4.66. The number of aromatic nitrogens is 2. The third kappa shape index (κ3) is 3.13. The standard InChI is InChI=1S/C20H17FN4O/c21-17-7-5-16(6-8-17)20(11-14-3-1-2-4-15(14)12-20)25-19(26)24-18-13-22-9-10-23-18/h1-10,13H,11-12H2,(H2,23,24,25,26). The molecule has 0 fully saturated rings. The Morgan fingerprint density at radius 1 is 1.00 bits per heavy atom. The first-order valence-electron chi connectivity index (χ1n) is 8.33. The number of hydrogen-bond acceptors (Lipinski definition) is 3. The van der Waals surface area contributed by atoms with E-state index in [0.717, 1.165) is 5.56 Å². The summed E-state index contributed by atoms with van der Waals surface area (Å²) < 4.78 is 13.4. The van der Waals surface area contributed by atoms with Crippen LogP contribution in [0.3, 0.4) is 0 Å². The summed E-state index contributed by atoms with van der Waals surface area (Å²) >= 11 is 0. The summed E-state index contributed by atoms with van der Waals surface area (Å²) in [4.78, 5) is 20.6. The van der Waals surface area contributed by atoms with Crippen LogP contribution in [0.4, 0.5) is 15.0 Å². The Hall–Kier alpha value is -3.28. The van der Waals surface area contributed by atoms with E-state index in [1.165, 1.54) is 41.9 Å². The van der Waals surface area contributed by atoms with Crippen molar-refractivity contribution in [2.45, 2.75) is 18.4 Å². The summed E-state index contributed by atoms with van der Waals surface area (Å²) in [6.07, 6.45) is 5.81. The van der Waals surface area contributed by atoms with Gasteiger partial charge in [0.15, 0.2) is 5.82 Å². The molecule has 2 amide bonds. The average molecular weight is 348 g/mol. The van der Waals surface area contributed by atoms with Crippen LogP contribution in [0.1, 0.15) is 16.7 Å². The Bertz CT molecular complexity index is 903. The number of halogens is 1. The molecule has 0 atom stereocenters. The van der Waals surface area contributed by atoms with Gasteiger partial charge in [-0.1, -0.05) is 36.4 Å². The zero-order valence-electron chi connectivity index (χ0n) is 13.9. The molecular weight excluding hydrogens is 331 g/mol. The summed E-state index contributed by atoms with van der Waals surface area (Å²) in [6, 6.07) is 14.0. The van der Waals surface area contributed by atoms with Gasteiger partial charge in [0, 0.05) is 25.2 Å². The van der Waals surface area contributed by atoms with Crippen molar-refractivity contribution in [3.05, 3.63) is 89.6 Å². The number of carbonyl (C=O) groups excluding carboxylic acids is 1.